The van der Waals surface area contributed by atoms with Gasteiger partial charge in [0.25, 0.3) is 0 Å². The van der Waals surface area contributed by atoms with Crippen LogP contribution in [0, 0.1) is 0 Å². The van der Waals surface area contributed by atoms with E-state index >= 15 is 0 Å². The van der Waals surface area contributed by atoms with Crippen molar-refractivity contribution in [2.24, 2.45) is 0 Å². The molecule has 1 atom stereocenters. The van der Waals surface area contributed by atoms with Gasteiger partial charge in [0.05, 0.1) is 18.5 Å². The standard InChI is InChI=1S/C15H32N2O3S/c1-13(2)20-10-11-21(18,19)17-9-7-6-8-14(17)12-16-15(3,4)5/h13-14,16H,6-12H2,1-5H3. The van der Waals surface area contributed by atoms with E-state index in [0.29, 0.717) is 13.1 Å². The predicted molar refractivity (Wildman–Crippen MR) is 87.0 cm³/mol. The number of ether oxygens (including phenoxy) is 1. The number of nitrogens with zero attached hydrogens (tertiary/aromatic N) is 1. The SMILES string of the molecule is CC(C)OCCS(=O)(=O)N1CCCCC1CNC(C)(C)C. The van der Waals surface area contributed by atoms with Crippen LogP contribution in [0.25, 0.3) is 0 Å². The average Bonchev–Trinajstić information content (AvgIpc) is 2.35. The molecule has 21 heavy (non-hydrogen) atoms. The van der Waals surface area contributed by atoms with Gasteiger partial charge in [-0.3, -0.25) is 0 Å². The van der Waals surface area contributed by atoms with Gasteiger partial charge in [0.2, 0.25) is 10.0 Å². The van der Waals surface area contributed by atoms with Crippen molar-refractivity contribution in [2.75, 3.05) is 25.4 Å². The molecule has 1 heterocycles. The lowest BCUT2D eigenvalue weighted by Gasteiger charge is -2.36. The topological polar surface area (TPSA) is 58.6 Å². The lowest BCUT2D eigenvalue weighted by molar-refractivity contribution is 0.0902. The van der Waals surface area contributed by atoms with Crippen LogP contribution in [0.15, 0.2) is 0 Å². The number of nitrogens with one attached hydrogen (secondary N) is 1. The molecule has 1 aliphatic heterocycles. The van der Waals surface area contributed by atoms with Gasteiger partial charge in [0, 0.05) is 24.7 Å². The molecule has 1 unspecified atom stereocenters. The summed E-state index contributed by atoms with van der Waals surface area (Å²) in [5.41, 5.74) is 0.00757. The van der Waals surface area contributed by atoms with Gasteiger partial charge in [-0.1, -0.05) is 6.42 Å². The van der Waals surface area contributed by atoms with E-state index in [1.165, 1.54) is 0 Å². The zero-order valence-electron chi connectivity index (χ0n) is 14.2. The fourth-order valence-corrected chi connectivity index (χ4v) is 4.06. The molecule has 6 heteroatoms. The third-order valence-electron chi connectivity index (χ3n) is 3.59. The second-order valence-corrected chi connectivity index (χ2v) is 9.17. The van der Waals surface area contributed by atoms with Crippen molar-refractivity contribution in [1.82, 2.24) is 9.62 Å². The molecule has 126 valence electrons. The summed E-state index contributed by atoms with van der Waals surface area (Å²) < 4.78 is 32.1. The number of piperidine rings is 1. The highest BCUT2D eigenvalue weighted by Gasteiger charge is 2.32. The summed E-state index contributed by atoms with van der Waals surface area (Å²) in [6, 6.07) is 0.0713. The summed E-state index contributed by atoms with van der Waals surface area (Å²) in [5, 5.41) is 3.43. The zero-order valence-corrected chi connectivity index (χ0v) is 15.0. The van der Waals surface area contributed by atoms with Crippen LogP contribution < -0.4 is 5.32 Å². The molecule has 0 radical (unpaired) electrons. The van der Waals surface area contributed by atoms with Gasteiger partial charge in [-0.05, 0) is 47.5 Å². The normalized spacial score (nSPS) is 21.9. The van der Waals surface area contributed by atoms with Crippen molar-refractivity contribution in [2.45, 2.75) is 71.6 Å². The van der Waals surface area contributed by atoms with Crippen molar-refractivity contribution in [1.29, 1.82) is 0 Å². The molecular weight excluding hydrogens is 288 g/mol. The number of rotatable bonds is 7. The van der Waals surface area contributed by atoms with Crippen LogP contribution in [0.4, 0.5) is 0 Å². The molecule has 1 aliphatic rings. The van der Waals surface area contributed by atoms with E-state index in [0.717, 1.165) is 19.3 Å². The third-order valence-corrected chi connectivity index (χ3v) is 5.47. The summed E-state index contributed by atoms with van der Waals surface area (Å²) in [4.78, 5) is 0. The Morgan fingerprint density at radius 1 is 1.29 bits per heavy atom. The smallest absolute Gasteiger partial charge is 0.216 e. The van der Waals surface area contributed by atoms with Gasteiger partial charge in [-0.2, -0.15) is 4.31 Å². The maximum absolute atomic E-state index is 12.5. The maximum Gasteiger partial charge on any atom is 0.216 e. The number of sulfonamides is 1. The van der Waals surface area contributed by atoms with E-state index in [2.05, 4.69) is 26.1 Å². The first kappa shape index (κ1) is 18.9. The van der Waals surface area contributed by atoms with Crippen LogP contribution in [-0.4, -0.2) is 55.9 Å². The highest BCUT2D eigenvalue weighted by Crippen LogP contribution is 2.21. The molecule has 1 rings (SSSR count). The zero-order chi connectivity index (χ0) is 16.1. The second-order valence-electron chi connectivity index (χ2n) is 7.13. The van der Waals surface area contributed by atoms with E-state index in [-0.39, 0.29) is 30.0 Å². The Morgan fingerprint density at radius 2 is 1.95 bits per heavy atom. The van der Waals surface area contributed by atoms with Crippen LogP contribution >= 0.6 is 0 Å². The molecule has 1 saturated heterocycles. The molecule has 5 nitrogen and oxygen atoms in total. The summed E-state index contributed by atoms with van der Waals surface area (Å²) >= 11 is 0. The molecule has 0 spiro atoms. The van der Waals surface area contributed by atoms with Gasteiger partial charge in [0.1, 0.15) is 0 Å². The first-order valence-corrected chi connectivity index (χ1v) is 9.59. The number of hydrogen-bond acceptors (Lipinski definition) is 4. The Balaban J connectivity index is 2.62. The highest BCUT2D eigenvalue weighted by atomic mass is 32.2. The maximum atomic E-state index is 12.5. The third kappa shape index (κ3) is 7.08. The molecular formula is C15H32N2O3S. The van der Waals surface area contributed by atoms with Gasteiger partial charge in [0.15, 0.2) is 0 Å². The first-order chi connectivity index (χ1) is 9.62. The lowest BCUT2D eigenvalue weighted by Crippen LogP contribution is -2.52. The lowest BCUT2D eigenvalue weighted by atomic mass is 10.0. The summed E-state index contributed by atoms with van der Waals surface area (Å²) in [6.07, 6.45) is 3.06. The first-order valence-electron chi connectivity index (χ1n) is 7.98. The minimum Gasteiger partial charge on any atom is -0.378 e. The fourth-order valence-electron chi connectivity index (χ4n) is 2.47. The average molecular weight is 320 g/mol. The van der Waals surface area contributed by atoms with Gasteiger partial charge in [-0.15, -0.1) is 0 Å². The minimum atomic E-state index is -3.23. The Hall–Kier alpha value is -0.170. The Kier molecular flexibility index (Phi) is 7.10. The molecule has 1 fully saturated rings. The fraction of sp³-hybridized carbons (Fsp3) is 1.00. The summed E-state index contributed by atoms with van der Waals surface area (Å²) in [5.74, 6) is 0.0806. The van der Waals surface area contributed by atoms with Gasteiger partial charge < -0.3 is 10.1 Å². The summed E-state index contributed by atoms with van der Waals surface area (Å²) in [6.45, 7) is 11.8. The predicted octanol–water partition coefficient (Wildman–Crippen LogP) is 1.98. The second kappa shape index (κ2) is 7.90. The summed E-state index contributed by atoms with van der Waals surface area (Å²) in [7, 11) is -3.23. The van der Waals surface area contributed by atoms with Crippen molar-refractivity contribution in [3.63, 3.8) is 0 Å². The van der Waals surface area contributed by atoms with Gasteiger partial charge >= 0.3 is 0 Å². The molecule has 0 bridgehead atoms. The van der Waals surface area contributed by atoms with Crippen LogP contribution in [0.3, 0.4) is 0 Å². The molecule has 0 aromatic carbocycles. The van der Waals surface area contributed by atoms with Gasteiger partial charge in [-0.25, -0.2) is 8.42 Å². The highest BCUT2D eigenvalue weighted by molar-refractivity contribution is 7.89. The molecule has 0 aromatic rings. The van der Waals surface area contributed by atoms with E-state index in [4.69, 9.17) is 4.74 Å². The Morgan fingerprint density at radius 3 is 2.52 bits per heavy atom. The minimum absolute atomic E-state index is 0.00757. The van der Waals surface area contributed by atoms with E-state index in [1.54, 1.807) is 4.31 Å². The van der Waals surface area contributed by atoms with Crippen LogP contribution in [0.2, 0.25) is 0 Å². The monoisotopic (exact) mass is 320 g/mol. The van der Waals surface area contributed by atoms with E-state index in [9.17, 15) is 8.42 Å². The Labute approximate surface area is 130 Å². The molecule has 0 amide bonds. The van der Waals surface area contributed by atoms with Crippen molar-refractivity contribution in [3.8, 4) is 0 Å². The molecule has 0 aromatic heterocycles. The largest absolute Gasteiger partial charge is 0.378 e. The quantitative estimate of drug-likeness (QED) is 0.779. The number of hydrogen-bond donors (Lipinski definition) is 1. The van der Waals surface area contributed by atoms with Crippen molar-refractivity contribution in [3.05, 3.63) is 0 Å². The van der Waals surface area contributed by atoms with Crippen molar-refractivity contribution >= 4 is 10.0 Å². The van der Waals surface area contributed by atoms with Crippen LogP contribution in [0.5, 0.6) is 0 Å². The van der Waals surface area contributed by atoms with Crippen molar-refractivity contribution < 1.29 is 13.2 Å². The van der Waals surface area contributed by atoms with E-state index < -0.39 is 10.0 Å². The van der Waals surface area contributed by atoms with E-state index in [1.807, 2.05) is 13.8 Å². The molecule has 0 aliphatic carbocycles. The van der Waals surface area contributed by atoms with Crippen LogP contribution in [0.1, 0.15) is 53.9 Å². The molecule has 1 N–H and O–H groups in total. The Bertz CT molecular complexity index is 402. The van der Waals surface area contributed by atoms with Crippen LogP contribution in [-0.2, 0) is 14.8 Å². The molecule has 0 saturated carbocycles.